The van der Waals surface area contributed by atoms with Crippen molar-refractivity contribution in [2.45, 2.75) is 23.7 Å². The highest BCUT2D eigenvalue weighted by molar-refractivity contribution is 7.90. The molecule has 1 aliphatic rings. The first kappa shape index (κ1) is 23.3. The van der Waals surface area contributed by atoms with E-state index in [9.17, 15) is 21.6 Å². The van der Waals surface area contributed by atoms with Crippen LogP contribution in [-0.4, -0.2) is 39.2 Å². The van der Waals surface area contributed by atoms with E-state index in [0.29, 0.717) is 19.6 Å². The highest BCUT2D eigenvalue weighted by atomic mass is 32.2. The fourth-order valence-corrected chi connectivity index (χ4v) is 4.96. The van der Waals surface area contributed by atoms with E-state index in [4.69, 9.17) is 0 Å². The minimum atomic E-state index is -4.41. The molecule has 33 heavy (non-hydrogen) atoms. The van der Waals surface area contributed by atoms with Crippen LogP contribution in [0.5, 0.6) is 0 Å². The molecule has 1 aliphatic heterocycles. The molecule has 3 aromatic carbocycles. The number of halogens is 3. The van der Waals surface area contributed by atoms with Crippen LogP contribution in [0.2, 0.25) is 0 Å². The predicted molar refractivity (Wildman–Crippen MR) is 123 cm³/mol. The van der Waals surface area contributed by atoms with Gasteiger partial charge in [-0.1, -0.05) is 54.6 Å². The quantitative estimate of drug-likeness (QED) is 0.512. The largest absolute Gasteiger partial charge is 0.416 e. The maximum absolute atomic E-state index is 13.6. The standard InChI is InChI=1S/C25H25F3N2O2S/c1-33(31,32)22-12-7-11-21(16-22)29-14-15-30(24(18-29)19-8-3-2-4-9-19)17-20-10-5-6-13-23(20)25(26,27)28/h2-13,16,24H,14-15,17-18H2,1H3. The second-order valence-corrected chi connectivity index (χ2v) is 10.3. The van der Waals surface area contributed by atoms with Gasteiger partial charge < -0.3 is 4.90 Å². The molecule has 0 radical (unpaired) electrons. The van der Waals surface area contributed by atoms with Crippen LogP contribution >= 0.6 is 0 Å². The fourth-order valence-electron chi connectivity index (χ4n) is 4.30. The first-order valence-electron chi connectivity index (χ1n) is 10.6. The molecule has 0 amide bonds. The van der Waals surface area contributed by atoms with Crippen LogP contribution in [0.25, 0.3) is 0 Å². The number of anilines is 1. The molecule has 1 saturated heterocycles. The molecule has 4 rings (SSSR count). The minimum Gasteiger partial charge on any atom is -0.368 e. The van der Waals surface area contributed by atoms with Crippen molar-refractivity contribution < 1.29 is 21.6 Å². The van der Waals surface area contributed by atoms with E-state index in [-0.39, 0.29) is 23.0 Å². The zero-order valence-corrected chi connectivity index (χ0v) is 19.0. The molecule has 0 spiro atoms. The minimum absolute atomic E-state index is 0.150. The molecule has 0 N–H and O–H groups in total. The molecule has 0 bridgehead atoms. The maximum atomic E-state index is 13.6. The summed E-state index contributed by atoms with van der Waals surface area (Å²) in [5, 5.41) is 0. The van der Waals surface area contributed by atoms with E-state index in [1.807, 2.05) is 36.4 Å². The van der Waals surface area contributed by atoms with Crippen molar-refractivity contribution in [1.82, 2.24) is 4.90 Å². The molecule has 1 fully saturated rings. The summed E-state index contributed by atoms with van der Waals surface area (Å²) in [7, 11) is -3.34. The summed E-state index contributed by atoms with van der Waals surface area (Å²) >= 11 is 0. The van der Waals surface area contributed by atoms with Gasteiger partial charge in [-0.3, -0.25) is 4.90 Å². The van der Waals surface area contributed by atoms with E-state index < -0.39 is 21.6 Å². The van der Waals surface area contributed by atoms with Gasteiger partial charge >= 0.3 is 6.18 Å². The molecule has 0 saturated carbocycles. The van der Waals surface area contributed by atoms with Crippen molar-refractivity contribution in [3.8, 4) is 0 Å². The van der Waals surface area contributed by atoms with Crippen molar-refractivity contribution in [2.75, 3.05) is 30.8 Å². The first-order chi connectivity index (χ1) is 15.6. The Morgan fingerprint density at radius 3 is 2.30 bits per heavy atom. The van der Waals surface area contributed by atoms with Crippen LogP contribution in [0, 0.1) is 0 Å². The molecule has 8 heteroatoms. The van der Waals surface area contributed by atoms with Crippen molar-refractivity contribution in [2.24, 2.45) is 0 Å². The van der Waals surface area contributed by atoms with Crippen molar-refractivity contribution in [3.63, 3.8) is 0 Å². The van der Waals surface area contributed by atoms with Crippen LogP contribution < -0.4 is 4.90 Å². The lowest BCUT2D eigenvalue weighted by Crippen LogP contribution is -2.48. The van der Waals surface area contributed by atoms with E-state index in [0.717, 1.165) is 17.3 Å². The Kier molecular flexibility index (Phi) is 6.50. The number of piperazine rings is 1. The number of benzene rings is 3. The lowest BCUT2D eigenvalue weighted by Gasteiger charge is -2.43. The summed E-state index contributed by atoms with van der Waals surface area (Å²) in [5.41, 5.74) is 1.43. The van der Waals surface area contributed by atoms with Crippen LogP contribution in [-0.2, 0) is 22.6 Å². The molecule has 0 aliphatic carbocycles. The average Bonchev–Trinajstić information content (AvgIpc) is 2.79. The van der Waals surface area contributed by atoms with Gasteiger partial charge in [0.05, 0.1) is 16.5 Å². The van der Waals surface area contributed by atoms with Crippen LogP contribution in [0.4, 0.5) is 18.9 Å². The molecule has 1 unspecified atom stereocenters. The summed E-state index contributed by atoms with van der Waals surface area (Å²) in [6.45, 7) is 1.82. The topological polar surface area (TPSA) is 40.6 Å². The summed E-state index contributed by atoms with van der Waals surface area (Å²) in [4.78, 5) is 4.41. The zero-order valence-electron chi connectivity index (χ0n) is 18.2. The smallest absolute Gasteiger partial charge is 0.368 e. The van der Waals surface area contributed by atoms with Crippen LogP contribution in [0.1, 0.15) is 22.7 Å². The number of hydrogen-bond acceptors (Lipinski definition) is 4. The fraction of sp³-hybridized carbons (Fsp3) is 0.280. The van der Waals surface area contributed by atoms with Crippen LogP contribution in [0.15, 0.2) is 83.8 Å². The van der Waals surface area contributed by atoms with Gasteiger partial charge in [0.2, 0.25) is 0 Å². The number of sulfone groups is 1. The lowest BCUT2D eigenvalue weighted by atomic mass is 9.99. The average molecular weight is 475 g/mol. The molecule has 1 atom stereocenters. The van der Waals surface area contributed by atoms with Gasteiger partial charge in [0.25, 0.3) is 0 Å². The maximum Gasteiger partial charge on any atom is 0.416 e. The van der Waals surface area contributed by atoms with E-state index in [2.05, 4.69) is 9.80 Å². The van der Waals surface area contributed by atoms with Gasteiger partial charge in [-0.25, -0.2) is 8.42 Å². The summed E-state index contributed by atoms with van der Waals surface area (Å²) < 4.78 is 64.7. The second kappa shape index (κ2) is 9.19. The zero-order chi connectivity index (χ0) is 23.6. The summed E-state index contributed by atoms with van der Waals surface area (Å²) in [6.07, 6.45) is -3.23. The third kappa shape index (κ3) is 5.39. The van der Waals surface area contributed by atoms with Gasteiger partial charge in [-0.15, -0.1) is 0 Å². The Labute approximate surface area is 192 Å². The Morgan fingerprint density at radius 1 is 0.909 bits per heavy atom. The molecule has 4 nitrogen and oxygen atoms in total. The predicted octanol–water partition coefficient (Wildman–Crippen LogP) is 5.17. The Bertz CT molecular complexity index is 1210. The Hall–Kier alpha value is -2.84. The summed E-state index contributed by atoms with van der Waals surface area (Å²) in [5.74, 6) is 0. The van der Waals surface area contributed by atoms with Crippen molar-refractivity contribution >= 4 is 15.5 Å². The van der Waals surface area contributed by atoms with Crippen LogP contribution in [0.3, 0.4) is 0 Å². The monoisotopic (exact) mass is 474 g/mol. The number of rotatable bonds is 5. The van der Waals surface area contributed by atoms with Gasteiger partial charge in [0, 0.05) is 38.1 Å². The normalized spacial score (nSPS) is 17.8. The molecule has 1 heterocycles. The Morgan fingerprint density at radius 2 is 1.61 bits per heavy atom. The number of hydrogen-bond donors (Lipinski definition) is 0. The summed E-state index contributed by atoms with van der Waals surface area (Å²) in [6, 6.07) is 22.1. The number of alkyl halides is 3. The third-order valence-electron chi connectivity index (χ3n) is 5.98. The molecular formula is C25H25F3N2O2S. The second-order valence-electron chi connectivity index (χ2n) is 8.27. The first-order valence-corrected chi connectivity index (χ1v) is 12.5. The van der Waals surface area contributed by atoms with Crippen molar-refractivity contribution in [3.05, 3.63) is 95.6 Å². The highest BCUT2D eigenvalue weighted by Crippen LogP contribution is 2.35. The van der Waals surface area contributed by atoms with E-state index in [1.165, 1.54) is 18.4 Å². The van der Waals surface area contributed by atoms with Gasteiger partial charge in [0.15, 0.2) is 9.84 Å². The Balaban J connectivity index is 1.65. The molecule has 0 aromatic heterocycles. The van der Waals surface area contributed by atoms with Crippen molar-refractivity contribution in [1.29, 1.82) is 0 Å². The molecular weight excluding hydrogens is 449 g/mol. The van der Waals surface area contributed by atoms with Gasteiger partial charge in [-0.05, 0) is 35.4 Å². The van der Waals surface area contributed by atoms with Gasteiger partial charge in [-0.2, -0.15) is 13.2 Å². The lowest BCUT2D eigenvalue weighted by molar-refractivity contribution is -0.138. The highest BCUT2D eigenvalue weighted by Gasteiger charge is 2.35. The number of nitrogens with zero attached hydrogens (tertiary/aromatic N) is 2. The van der Waals surface area contributed by atoms with E-state index in [1.54, 1.807) is 24.3 Å². The molecule has 174 valence electrons. The third-order valence-corrected chi connectivity index (χ3v) is 7.09. The SMILES string of the molecule is CS(=O)(=O)c1cccc(N2CCN(Cc3ccccc3C(F)(F)F)C(c3ccccc3)C2)c1. The van der Waals surface area contributed by atoms with Gasteiger partial charge in [0.1, 0.15) is 0 Å². The molecule has 3 aromatic rings. The van der Waals surface area contributed by atoms with E-state index >= 15 is 0 Å².